The summed E-state index contributed by atoms with van der Waals surface area (Å²) in [6.07, 6.45) is 2.52. The standard InChI is InChI=1S/C10H12O2S.Na.H/c11-13(12)10-6-5-8-3-1-2-4-9(8)7-10;;/h1-4,10H,5-7H2,(H,11,12);;. The van der Waals surface area contributed by atoms with Crippen molar-refractivity contribution < 1.29 is 8.76 Å². The van der Waals surface area contributed by atoms with Crippen LogP contribution in [0, 0.1) is 0 Å². The molecule has 2 rings (SSSR count). The number of aryl methyl sites for hydroxylation is 1. The van der Waals surface area contributed by atoms with Crippen molar-refractivity contribution >= 4 is 40.6 Å². The van der Waals surface area contributed by atoms with Crippen LogP contribution >= 0.6 is 0 Å². The summed E-state index contributed by atoms with van der Waals surface area (Å²) in [5.74, 6) is 0. The van der Waals surface area contributed by atoms with Gasteiger partial charge in [-0.1, -0.05) is 24.3 Å². The van der Waals surface area contributed by atoms with E-state index in [2.05, 4.69) is 6.07 Å². The second-order valence-electron chi connectivity index (χ2n) is 3.41. The monoisotopic (exact) mass is 220 g/mol. The van der Waals surface area contributed by atoms with E-state index >= 15 is 0 Å². The molecule has 72 valence electrons. The molecule has 2 unspecified atom stereocenters. The van der Waals surface area contributed by atoms with E-state index < -0.39 is 11.1 Å². The molecule has 1 aliphatic carbocycles. The zero-order valence-electron chi connectivity index (χ0n) is 7.27. The summed E-state index contributed by atoms with van der Waals surface area (Å²) >= 11 is -1.66. The van der Waals surface area contributed by atoms with Crippen molar-refractivity contribution in [1.82, 2.24) is 0 Å². The molecule has 14 heavy (non-hydrogen) atoms. The molecule has 0 saturated carbocycles. The third-order valence-corrected chi connectivity index (χ3v) is 3.56. The van der Waals surface area contributed by atoms with Crippen LogP contribution in [0.4, 0.5) is 0 Å². The summed E-state index contributed by atoms with van der Waals surface area (Å²) < 4.78 is 19.9. The summed E-state index contributed by atoms with van der Waals surface area (Å²) in [6, 6.07) is 8.16. The molecule has 0 spiro atoms. The Morgan fingerprint density at radius 1 is 1.29 bits per heavy atom. The summed E-state index contributed by atoms with van der Waals surface area (Å²) in [5.41, 5.74) is 2.57. The van der Waals surface area contributed by atoms with E-state index in [1.807, 2.05) is 18.2 Å². The Bertz CT molecular complexity index is 341. The fraction of sp³-hybridized carbons (Fsp3) is 0.400. The average molecular weight is 220 g/mol. The number of fused-ring (bicyclic) bond motifs is 1. The Morgan fingerprint density at radius 3 is 2.57 bits per heavy atom. The Balaban J connectivity index is 0.000000980. The minimum absolute atomic E-state index is 0. The summed E-state index contributed by atoms with van der Waals surface area (Å²) in [4.78, 5) is 0. The van der Waals surface area contributed by atoms with E-state index in [-0.39, 0.29) is 34.8 Å². The molecule has 0 fully saturated rings. The molecule has 0 aliphatic heterocycles. The van der Waals surface area contributed by atoms with Gasteiger partial charge in [0.05, 0.1) is 5.25 Å². The summed E-state index contributed by atoms with van der Waals surface area (Å²) in [7, 11) is 0. The molecular weight excluding hydrogens is 207 g/mol. The van der Waals surface area contributed by atoms with Crippen LogP contribution in [-0.4, -0.2) is 43.6 Å². The molecule has 1 aromatic carbocycles. The van der Waals surface area contributed by atoms with Gasteiger partial charge in [-0.05, 0) is 30.4 Å². The van der Waals surface area contributed by atoms with Crippen molar-refractivity contribution in [2.75, 3.05) is 0 Å². The Morgan fingerprint density at radius 2 is 1.93 bits per heavy atom. The number of benzene rings is 1. The first-order valence-corrected chi connectivity index (χ1v) is 5.61. The molecule has 1 aromatic rings. The molecule has 0 aromatic heterocycles. The molecule has 1 N–H and O–H groups in total. The summed E-state index contributed by atoms with van der Waals surface area (Å²) in [6.45, 7) is 0. The first kappa shape index (κ1) is 12.4. The van der Waals surface area contributed by atoms with Gasteiger partial charge in [0, 0.05) is 0 Å². The molecule has 0 saturated heterocycles. The maximum atomic E-state index is 10.9. The summed E-state index contributed by atoms with van der Waals surface area (Å²) in [5, 5.41) is -0.0603. The van der Waals surface area contributed by atoms with Crippen molar-refractivity contribution in [3.05, 3.63) is 35.4 Å². The van der Waals surface area contributed by atoms with Gasteiger partial charge >= 0.3 is 29.6 Å². The molecular formula is C10H13NaO2S. The SMILES string of the molecule is O=S(O)C1CCc2ccccc2C1.[NaH]. The van der Waals surface area contributed by atoms with Gasteiger partial charge in [0.25, 0.3) is 0 Å². The van der Waals surface area contributed by atoms with E-state index in [1.165, 1.54) is 11.1 Å². The van der Waals surface area contributed by atoms with E-state index in [9.17, 15) is 4.21 Å². The van der Waals surface area contributed by atoms with Gasteiger partial charge in [0.1, 0.15) is 0 Å². The second-order valence-corrected chi connectivity index (χ2v) is 4.63. The fourth-order valence-corrected chi connectivity index (χ4v) is 2.48. The van der Waals surface area contributed by atoms with Gasteiger partial charge in [-0.15, -0.1) is 0 Å². The molecule has 0 heterocycles. The third-order valence-electron chi connectivity index (χ3n) is 2.59. The molecule has 0 amide bonds. The van der Waals surface area contributed by atoms with E-state index in [0.717, 1.165) is 19.3 Å². The van der Waals surface area contributed by atoms with Gasteiger partial charge in [0.2, 0.25) is 0 Å². The Kier molecular flexibility index (Phi) is 4.80. The van der Waals surface area contributed by atoms with Gasteiger partial charge < -0.3 is 4.55 Å². The zero-order chi connectivity index (χ0) is 9.26. The first-order valence-electron chi connectivity index (χ1n) is 4.44. The minimum atomic E-state index is -1.66. The Hall–Kier alpha value is 0.330. The van der Waals surface area contributed by atoms with Gasteiger partial charge in [-0.2, -0.15) is 0 Å². The number of hydrogen-bond acceptors (Lipinski definition) is 1. The fourth-order valence-electron chi connectivity index (χ4n) is 1.84. The quantitative estimate of drug-likeness (QED) is 0.569. The molecule has 4 heteroatoms. The molecule has 1 aliphatic rings. The molecule has 0 radical (unpaired) electrons. The van der Waals surface area contributed by atoms with E-state index in [4.69, 9.17) is 4.55 Å². The van der Waals surface area contributed by atoms with Gasteiger partial charge in [0.15, 0.2) is 11.1 Å². The predicted molar refractivity (Wildman–Crippen MR) is 60.2 cm³/mol. The third kappa shape index (κ3) is 2.67. The predicted octanol–water partition coefficient (Wildman–Crippen LogP) is 1.12. The van der Waals surface area contributed by atoms with Crippen LogP contribution in [0.3, 0.4) is 0 Å². The van der Waals surface area contributed by atoms with Gasteiger partial charge in [-0.25, -0.2) is 4.21 Å². The van der Waals surface area contributed by atoms with Crippen LogP contribution in [0.2, 0.25) is 0 Å². The van der Waals surface area contributed by atoms with E-state index in [1.54, 1.807) is 0 Å². The molecule has 2 atom stereocenters. The first-order chi connectivity index (χ1) is 6.27. The zero-order valence-corrected chi connectivity index (χ0v) is 8.09. The van der Waals surface area contributed by atoms with E-state index in [0.29, 0.717) is 0 Å². The van der Waals surface area contributed by atoms with Crippen LogP contribution in [0.15, 0.2) is 24.3 Å². The molecule has 0 bridgehead atoms. The van der Waals surface area contributed by atoms with Crippen LogP contribution in [0.1, 0.15) is 17.5 Å². The maximum absolute atomic E-state index is 10.9. The Labute approximate surface area is 109 Å². The molecule has 2 nitrogen and oxygen atoms in total. The average Bonchev–Trinajstić information content (AvgIpc) is 2.17. The van der Waals surface area contributed by atoms with Crippen LogP contribution < -0.4 is 0 Å². The second kappa shape index (κ2) is 5.42. The van der Waals surface area contributed by atoms with Gasteiger partial charge in [-0.3, -0.25) is 0 Å². The van der Waals surface area contributed by atoms with Crippen molar-refractivity contribution in [3.63, 3.8) is 0 Å². The van der Waals surface area contributed by atoms with Crippen molar-refractivity contribution in [2.24, 2.45) is 0 Å². The van der Waals surface area contributed by atoms with Crippen LogP contribution in [0.5, 0.6) is 0 Å². The number of hydrogen-bond donors (Lipinski definition) is 1. The number of rotatable bonds is 1. The van der Waals surface area contributed by atoms with Crippen LogP contribution in [0.25, 0.3) is 0 Å². The van der Waals surface area contributed by atoms with Crippen molar-refractivity contribution in [3.8, 4) is 0 Å². The van der Waals surface area contributed by atoms with Crippen molar-refractivity contribution in [2.45, 2.75) is 24.5 Å². The van der Waals surface area contributed by atoms with Crippen molar-refractivity contribution in [1.29, 1.82) is 0 Å². The normalized spacial score (nSPS) is 21.9. The topological polar surface area (TPSA) is 37.3 Å². The van der Waals surface area contributed by atoms with Crippen LogP contribution in [-0.2, 0) is 23.9 Å².